The molecule has 0 bridgehead atoms. The van der Waals surface area contributed by atoms with Gasteiger partial charge in [0.2, 0.25) is 5.91 Å². The highest BCUT2D eigenvalue weighted by molar-refractivity contribution is 8.00. The lowest BCUT2D eigenvalue weighted by Gasteiger charge is -2.26. The number of carbonyl (C=O) groups excluding carboxylic acids is 1. The molecule has 1 N–H and O–H groups in total. The number of anilines is 1. The number of rotatable bonds is 7. The van der Waals surface area contributed by atoms with Crippen LogP contribution in [0.4, 0.5) is 10.1 Å². The standard InChI is InChI=1S/C23H25FN4O2S/c1-2-20(22(29)25-17-9-7-16(24)8-10-17)31-23-18-5-3-4-6-19(18)26-21(27-23)15-28-11-13-30-14-12-28/h3-10,20H,2,11-15H2,1H3,(H,25,29). The van der Waals surface area contributed by atoms with Crippen molar-refractivity contribution in [3.8, 4) is 0 Å². The van der Waals surface area contributed by atoms with Crippen LogP contribution < -0.4 is 5.32 Å². The molecule has 1 unspecified atom stereocenters. The van der Waals surface area contributed by atoms with Crippen molar-refractivity contribution in [1.29, 1.82) is 0 Å². The van der Waals surface area contributed by atoms with E-state index in [-0.39, 0.29) is 17.0 Å². The molecule has 3 aromatic rings. The van der Waals surface area contributed by atoms with E-state index < -0.39 is 0 Å². The Kier molecular flexibility index (Phi) is 7.11. The maximum atomic E-state index is 13.1. The third-order valence-electron chi connectivity index (χ3n) is 5.11. The van der Waals surface area contributed by atoms with E-state index in [1.807, 2.05) is 31.2 Å². The minimum absolute atomic E-state index is 0.128. The first-order chi connectivity index (χ1) is 15.1. The van der Waals surface area contributed by atoms with Gasteiger partial charge in [-0.3, -0.25) is 9.69 Å². The minimum atomic E-state index is -0.334. The van der Waals surface area contributed by atoms with Crippen LogP contribution in [-0.4, -0.2) is 52.3 Å². The number of fused-ring (bicyclic) bond motifs is 1. The van der Waals surface area contributed by atoms with Gasteiger partial charge in [-0.2, -0.15) is 0 Å². The van der Waals surface area contributed by atoms with E-state index >= 15 is 0 Å². The number of nitrogens with one attached hydrogen (secondary N) is 1. The molecule has 1 aromatic heterocycles. The summed E-state index contributed by atoms with van der Waals surface area (Å²) in [5, 5.41) is 4.28. The Balaban J connectivity index is 1.55. The number of nitrogens with zero attached hydrogens (tertiary/aromatic N) is 3. The van der Waals surface area contributed by atoms with Crippen LogP contribution in [0.15, 0.2) is 53.6 Å². The second kappa shape index (κ2) is 10.2. The summed E-state index contributed by atoms with van der Waals surface area (Å²) in [6.07, 6.45) is 0.634. The largest absolute Gasteiger partial charge is 0.379 e. The van der Waals surface area contributed by atoms with E-state index in [0.29, 0.717) is 18.7 Å². The zero-order valence-electron chi connectivity index (χ0n) is 17.4. The summed E-state index contributed by atoms with van der Waals surface area (Å²) in [5.41, 5.74) is 1.45. The molecule has 2 aromatic carbocycles. The third kappa shape index (κ3) is 5.58. The van der Waals surface area contributed by atoms with Crippen molar-refractivity contribution in [1.82, 2.24) is 14.9 Å². The molecular weight excluding hydrogens is 415 g/mol. The highest BCUT2D eigenvalue weighted by atomic mass is 32.2. The molecule has 8 heteroatoms. The molecule has 1 aliphatic heterocycles. The van der Waals surface area contributed by atoms with Gasteiger partial charge in [0.25, 0.3) is 0 Å². The molecular formula is C23H25FN4O2S. The average molecular weight is 441 g/mol. The van der Waals surface area contributed by atoms with Crippen LogP contribution in [0.5, 0.6) is 0 Å². The number of carbonyl (C=O) groups is 1. The van der Waals surface area contributed by atoms with Gasteiger partial charge >= 0.3 is 0 Å². The van der Waals surface area contributed by atoms with Gasteiger partial charge in [-0.1, -0.05) is 36.9 Å². The lowest BCUT2D eigenvalue weighted by Crippen LogP contribution is -2.36. The molecule has 0 radical (unpaired) electrons. The van der Waals surface area contributed by atoms with Crippen LogP contribution in [0.2, 0.25) is 0 Å². The van der Waals surface area contributed by atoms with Gasteiger partial charge in [-0.15, -0.1) is 0 Å². The molecule has 4 rings (SSSR count). The van der Waals surface area contributed by atoms with Crippen molar-refractivity contribution in [2.75, 3.05) is 31.6 Å². The SMILES string of the molecule is CCC(Sc1nc(CN2CCOCC2)nc2ccccc12)C(=O)Nc1ccc(F)cc1. The normalized spacial score (nSPS) is 15.7. The van der Waals surface area contributed by atoms with Gasteiger partial charge in [-0.05, 0) is 36.8 Å². The fourth-order valence-corrected chi connectivity index (χ4v) is 4.49. The van der Waals surface area contributed by atoms with Gasteiger partial charge in [-0.25, -0.2) is 14.4 Å². The van der Waals surface area contributed by atoms with E-state index in [0.717, 1.165) is 48.1 Å². The summed E-state index contributed by atoms with van der Waals surface area (Å²) in [6.45, 7) is 5.78. The summed E-state index contributed by atoms with van der Waals surface area (Å²) in [6, 6.07) is 13.7. The smallest absolute Gasteiger partial charge is 0.237 e. The zero-order valence-corrected chi connectivity index (χ0v) is 18.2. The minimum Gasteiger partial charge on any atom is -0.379 e. The van der Waals surface area contributed by atoms with Gasteiger partial charge in [0, 0.05) is 24.2 Å². The van der Waals surface area contributed by atoms with Crippen LogP contribution in [-0.2, 0) is 16.1 Å². The zero-order chi connectivity index (χ0) is 21.6. The summed E-state index contributed by atoms with van der Waals surface area (Å²) in [5.74, 6) is 0.285. The van der Waals surface area contributed by atoms with E-state index in [2.05, 4.69) is 10.2 Å². The van der Waals surface area contributed by atoms with E-state index in [4.69, 9.17) is 14.7 Å². The van der Waals surface area contributed by atoms with Crippen molar-refractivity contribution in [2.45, 2.75) is 30.2 Å². The fraction of sp³-hybridized carbons (Fsp3) is 0.348. The first-order valence-corrected chi connectivity index (χ1v) is 11.3. The molecule has 1 amide bonds. The number of hydrogen-bond donors (Lipinski definition) is 1. The monoisotopic (exact) mass is 440 g/mol. The second-order valence-electron chi connectivity index (χ2n) is 7.36. The first-order valence-electron chi connectivity index (χ1n) is 10.4. The predicted octanol–water partition coefficient (Wildman–Crippen LogP) is 4.11. The van der Waals surface area contributed by atoms with Crippen molar-refractivity contribution in [3.05, 3.63) is 60.2 Å². The summed E-state index contributed by atoms with van der Waals surface area (Å²) >= 11 is 1.44. The lowest BCUT2D eigenvalue weighted by atomic mass is 10.2. The Morgan fingerprint density at radius 3 is 2.65 bits per heavy atom. The fourth-order valence-electron chi connectivity index (χ4n) is 3.43. The molecule has 0 saturated carbocycles. The molecule has 1 aliphatic rings. The molecule has 1 saturated heterocycles. The number of hydrogen-bond acceptors (Lipinski definition) is 6. The lowest BCUT2D eigenvalue weighted by molar-refractivity contribution is -0.115. The van der Waals surface area contributed by atoms with Crippen molar-refractivity contribution < 1.29 is 13.9 Å². The van der Waals surface area contributed by atoms with Crippen LogP contribution in [0, 0.1) is 5.82 Å². The Morgan fingerprint density at radius 2 is 1.90 bits per heavy atom. The number of benzene rings is 2. The quantitative estimate of drug-likeness (QED) is 0.441. The molecule has 6 nitrogen and oxygen atoms in total. The van der Waals surface area contributed by atoms with Crippen molar-refractivity contribution in [2.24, 2.45) is 0 Å². The average Bonchev–Trinajstić information content (AvgIpc) is 2.79. The van der Waals surface area contributed by atoms with Gasteiger partial charge in [0.15, 0.2) is 0 Å². The molecule has 0 spiro atoms. The Bertz CT molecular complexity index is 1040. The van der Waals surface area contributed by atoms with Crippen LogP contribution in [0.25, 0.3) is 10.9 Å². The Hall–Kier alpha value is -2.55. The number of para-hydroxylation sites is 1. The number of halogens is 1. The highest BCUT2D eigenvalue weighted by Crippen LogP contribution is 2.31. The van der Waals surface area contributed by atoms with Gasteiger partial charge < -0.3 is 10.1 Å². The topological polar surface area (TPSA) is 67.3 Å². The Morgan fingerprint density at radius 1 is 1.16 bits per heavy atom. The molecule has 1 atom stereocenters. The van der Waals surface area contributed by atoms with E-state index in [1.54, 1.807) is 12.1 Å². The van der Waals surface area contributed by atoms with Crippen molar-refractivity contribution >= 4 is 34.3 Å². The highest BCUT2D eigenvalue weighted by Gasteiger charge is 2.22. The number of aromatic nitrogens is 2. The second-order valence-corrected chi connectivity index (χ2v) is 8.55. The van der Waals surface area contributed by atoms with Crippen LogP contribution >= 0.6 is 11.8 Å². The maximum absolute atomic E-state index is 13.1. The summed E-state index contributed by atoms with van der Waals surface area (Å²) in [4.78, 5) is 24.7. The molecule has 2 heterocycles. The maximum Gasteiger partial charge on any atom is 0.237 e. The Labute approximate surface area is 185 Å². The van der Waals surface area contributed by atoms with E-state index in [1.165, 1.54) is 23.9 Å². The van der Waals surface area contributed by atoms with Crippen molar-refractivity contribution in [3.63, 3.8) is 0 Å². The number of morpholine rings is 1. The molecule has 31 heavy (non-hydrogen) atoms. The summed E-state index contributed by atoms with van der Waals surface area (Å²) < 4.78 is 18.6. The predicted molar refractivity (Wildman–Crippen MR) is 121 cm³/mol. The van der Waals surface area contributed by atoms with Gasteiger partial charge in [0.05, 0.1) is 30.5 Å². The number of ether oxygens (including phenoxy) is 1. The van der Waals surface area contributed by atoms with E-state index in [9.17, 15) is 9.18 Å². The summed E-state index contributed by atoms with van der Waals surface area (Å²) in [7, 11) is 0. The molecule has 1 fully saturated rings. The number of amides is 1. The van der Waals surface area contributed by atoms with Gasteiger partial charge in [0.1, 0.15) is 16.7 Å². The van der Waals surface area contributed by atoms with Crippen LogP contribution in [0.3, 0.4) is 0 Å². The third-order valence-corrected chi connectivity index (χ3v) is 6.48. The number of thioether (sulfide) groups is 1. The molecule has 0 aliphatic carbocycles. The molecule has 162 valence electrons. The first kappa shape index (κ1) is 21.7. The van der Waals surface area contributed by atoms with Crippen LogP contribution in [0.1, 0.15) is 19.2 Å².